The van der Waals surface area contributed by atoms with Gasteiger partial charge in [-0.2, -0.15) is 0 Å². The van der Waals surface area contributed by atoms with Gasteiger partial charge in [0.2, 0.25) is 0 Å². The van der Waals surface area contributed by atoms with Crippen molar-refractivity contribution in [2.45, 2.75) is 12.8 Å². The second-order valence-corrected chi connectivity index (χ2v) is 3.64. The number of fused-ring (bicyclic) bond motifs is 1. The van der Waals surface area contributed by atoms with Gasteiger partial charge in [-0.15, -0.1) is 11.6 Å². The number of H-pyrrole nitrogens is 1. The van der Waals surface area contributed by atoms with Gasteiger partial charge in [0.05, 0.1) is 16.9 Å². The lowest BCUT2D eigenvalue weighted by Crippen LogP contribution is -1.78. The number of hydrogen-bond donors (Lipinski definition) is 1. The zero-order valence-corrected chi connectivity index (χ0v) is 8.58. The average Bonchev–Trinajstić information content (AvgIpc) is 2.47. The summed E-state index contributed by atoms with van der Waals surface area (Å²) < 4.78 is 0. The number of nitrogens with zero attached hydrogens (tertiary/aromatic N) is 1. The van der Waals surface area contributed by atoms with Crippen molar-refractivity contribution in [3.8, 4) is 0 Å². The molecule has 0 fully saturated rings. The molecule has 2 rings (SSSR count). The first-order valence-electron chi connectivity index (χ1n) is 3.91. The van der Waals surface area contributed by atoms with E-state index >= 15 is 0 Å². The molecular formula is C9H8Cl2N2. The second-order valence-electron chi connectivity index (χ2n) is 2.94. The smallest absolute Gasteiger partial charge is 0.122 e. The van der Waals surface area contributed by atoms with Gasteiger partial charge < -0.3 is 4.98 Å². The van der Waals surface area contributed by atoms with Crippen LogP contribution in [0.15, 0.2) is 12.1 Å². The van der Waals surface area contributed by atoms with Crippen LogP contribution in [0.3, 0.4) is 0 Å². The van der Waals surface area contributed by atoms with Crippen molar-refractivity contribution in [3.05, 3.63) is 28.5 Å². The lowest BCUT2D eigenvalue weighted by atomic mass is 10.2. The average molecular weight is 215 g/mol. The van der Waals surface area contributed by atoms with Crippen LogP contribution >= 0.6 is 23.2 Å². The summed E-state index contributed by atoms with van der Waals surface area (Å²) >= 11 is 11.6. The van der Waals surface area contributed by atoms with E-state index in [9.17, 15) is 0 Å². The largest absolute Gasteiger partial charge is 0.341 e. The lowest BCUT2D eigenvalue weighted by molar-refractivity contribution is 1.13. The zero-order valence-electron chi connectivity index (χ0n) is 7.06. The van der Waals surface area contributed by atoms with Gasteiger partial charge in [-0.25, -0.2) is 4.98 Å². The van der Waals surface area contributed by atoms with Crippen molar-refractivity contribution >= 4 is 34.2 Å². The molecule has 1 heterocycles. The topological polar surface area (TPSA) is 28.7 Å². The first-order chi connectivity index (χ1) is 6.20. The summed E-state index contributed by atoms with van der Waals surface area (Å²) in [6, 6.07) is 3.75. The summed E-state index contributed by atoms with van der Waals surface area (Å²) in [4.78, 5) is 7.43. The van der Waals surface area contributed by atoms with Gasteiger partial charge in [-0.05, 0) is 24.6 Å². The Balaban J connectivity index is 2.75. The third kappa shape index (κ3) is 1.52. The highest BCUT2D eigenvalue weighted by atomic mass is 35.5. The fourth-order valence-electron chi connectivity index (χ4n) is 1.36. The number of aryl methyl sites for hydroxylation is 1. The number of aromatic amines is 1. The van der Waals surface area contributed by atoms with Crippen LogP contribution in [0.4, 0.5) is 0 Å². The molecule has 0 saturated heterocycles. The van der Waals surface area contributed by atoms with Crippen LogP contribution in [0.5, 0.6) is 0 Å². The lowest BCUT2D eigenvalue weighted by Gasteiger charge is -1.94. The molecule has 0 atom stereocenters. The van der Waals surface area contributed by atoms with E-state index in [1.54, 1.807) is 0 Å². The van der Waals surface area contributed by atoms with Crippen LogP contribution in [-0.2, 0) is 5.88 Å². The Bertz CT molecular complexity index is 448. The summed E-state index contributed by atoms with van der Waals surface area (Å²) in [6.45, 7) is 1.98. The maximum atomic E-state index is 5.90. The fraction of sp³-hybridized carbons (Fsp3) is 0.222. The first-order valence-corrected chi connectivity index (χ1v) is 4.82. The predicted molar refractivity (Wildman–Crippen MR) is 55.4 cm³/mol. The van der Waals surface area contributed by atoms with Gasteiger partial charge in [0, 0.05) is 5.02 Å². The van der Waals surface area contributed by atoms with E-state index < -0.39 is 0 Å². The quantitative estimate of drug-likeness (QED) is 0.726. The molecular weight excluding hydrogens is 207 g/mol. The Morgan fingerprint density at radius 2 is 2.23 bits per heavy atom. The van der Waals surface area contributed by atoms with Gasteiger partial charge in [-0.1, -0.05) is 11.6 Å². The molecule has 0 unspecified atom stereocenters. The molecule has 0 spiro atoms. The summed E-state index contributed by atoms with van der Waals surface area (Å²) in [5, 5.41) is 0.717. The molecule has 0 aliphatic carbocycles. The van der Waals surface area contributed by atoms with Crippen LogP contribution < -0.4 is 0 Å². The molecule has 0 amide bonds. The maximum absolute atomic E-state index is 5.90. The molecule has 2 aromatic rings. The van der Waals surface area contributed by atoms with Gasteiger partial charge >= 0.3 is 0 Å². The highest BCUT2D eigenvalue weighted by molar-refractivity contribution is 6.31. The van der Waals surface area contributed by atoms with Crippen LogP contribution in [-0.4, -0.2) is 9.97 Å². The molecule has 2 nitrogen and oxygen atoms in total. The summed E-state index contributed by atoms with van der Waals surface area (Å²) in [5.74, 6) is 1.17. The van der Waals surface area contributed by atoms with Crippen LogP contribution in [0.1, 0.15) is 11.4 Å². The Morgan fingerprint density at radius 1 is 1.46 bits per heavy atom. The Kier molecular flexibility index (Phi) is 2.18. The Hall–Kier alpha value is -0.730. The van der Waals surface area contributed by atoms with E-state index in [1.165, 1.54) is 0 Å². The number of benzene rings is 1. The third-order valence-electron chi connectivity index (χ3n) is 1.92. The van der Waals surface area contributed by atoms with E-state index in [2.05, 4.69) is 9.97 Å². The van der Waals surface area contributed by atoms with Crippen molar-refractivity contribution in [3.63, 3.8) is 0 Å². The van der Waals surface area contributed by atoms with Gasteiger partial charge in [0.1, 0.15) is 5.82 Å². The van der Waals surface area contributed by atoms with Crippen LogP contribution in [0.2, 0.25) is 5.02 Å². The minimum absolute atomic E-state index is 0.395. The normalized spacial score (nSPS) is 11.0. The fourth-order valence-corrected chi connectivity index (χ4v) is 1.76. The standard InChI is InChI=1S/C9H8Cl2N2/c1-5-2-6(11)3-7-9(5)13-8(4-10)12-7/h2-3H,4H2,1H3,(H,12,13). The monoisotopic (exact) mass is 214 g/mol. The number of nitrogens with one attached hydrogen (secondary N) is 1. The zero-order chi connectivity index (χ0) is 9.42. The number of hydrogen-bond acceptors (Lipinski definition) is 1. The molecule has 4 heteroatoms. The van der Waals surface area contributed by atoms with Crippen molar-refractivity contribution < 1.29 is 0 Å². The predicted octanol–water partition coefficient (Wildman–Crippen LogP) is 3.26. The molecule has 1 N–H and O–H groups in total. The maximum Gasteiger partial charge on any atom is 0.122 e. The molecule has 0 bridgehead atoms. The molecule has 0 aliphatic rings. The minimum atomic E-state index is 0.395. The van der Waals surface area contributed by atoms with E-state index in [0.717, 1.165) is 27.4 Å². The summed E-state index contributed by atoms with van der Waals surface area (Å²) in [7, 11) is 0. The van der Waals surface area contributed by atoms with Crippen molar-refractivity contribution in [1.82, 2.24) is 9.97 Å². The second kappa shape index (κ2) is 3.20. The Morgan fingerprint density at radius 3 is 2.92 bits per heavy atom. The number of alkyl halides is 1. The van der Waals surface area contributed by atoms with Crippen molar-refractivity contribution in [1.29, 1.82) is 0 Å². The van der Waals surface area contributed by atoms with Crippen LogP contribution in [0, 0.1) is 6.92 Å². The molecule has 0 saturated carbocycles. The molecule has 0 radical (unpaired) electrons. The van der Waals surface area contributed by atoms with Gasteiger partial charge in [0.15, 0.2) is 0 Å². The van der Waals surface area contributed by atoms with Gasteiger partial charge in [-0.3, -0.25) is 0 Å². The van der Waals surface area contributed by atoms with E-state index in [4.69, 9.17) is 23.2 Å². The summed E-state index contributed by atoms with van der Waals surface area (Å²) in [6.07, 6.45) is 0. The number of rotatable bonds is 1. The van der Waals surface area contributed by atoms with E-state index in [0.29, 0.717) is 5.88 Å². The molecule has 0 aliphatic heterocycles. The number of aromatic nitrogens is 2. The molecule has 68 valence electrons. The third-order valence-corrected chi connectivity index (χ3v) is 2.39. The van der Waals surface area contributed by atoms with Gasteiger partial charge in [0.25, 0.3) is 0 Å². The summed E-state index contributed by atoms with van der Waals surface area (Å²) in [5.41, 5.74) is 2.95. The van der Waals surface area contributed by atoms with E-state index in [1.807, 2.05) is 19.1 Å². The molecule has 1 aromatic carbocycles. The number of halogens is 2. The molecule has 13 heavy (non-hydrogen) atoms. The van der Waals surface area contributed by atoms with Crippen molar-refractivity contribution in [2.75, 3.05) is 0 Å². The highest BCUT2D eigenvalue weighted by Crippen LogP contribution is 2.21. The van der Waals surface area contributed by atoms with Crippen molar-refractivity contribution in [2.24, 2.45) is 0 Å². The Labute approximate surface area is 85.9 Å². The van der Waals surface area contributed by atoms with E-state index in [-0.39, 0.29) is 0 Å². The SMILES string of the molecule is Cc1cc(Cl)cc2[nH]c(CCl)nc12. The molecule has 1 aromatic heterocycles. The highest BCUT2D eigenvalue weighted by Gasteiger charge is 2.05. The minimum Gasteiger partial charge on any atom is -0.341 e. The first kappa shape index (κ1) is 8.85. The van der Waals surface area contributed by atoms with Crippen LogP contribution in [0.25, 0.3) is 11.0 Å². The number of imidazole rings is 1.